The van der Waals surface area contributed by atoms with Crippen molar-refractivity contribution in [3.63, 3.8) is 0 Å². The fourth-order valence-electron chi connectivity index (χ4n) is 1.99. The molecule has 80 valence electrons. The topological polar surface area (TPSA) is 40.5 Å². The fourth-order valence-corrected chi connectivity index (χ4v) is 1.99. The minimum Gasteiger partial charge on any atom is -0.388 e. The predicted octanol–water partition coefficient (Wildman–Crippen LogP) is 1.47. The zero-order chi connectivity index (χ0) is 10.8. The summed E-state index contributed by atoms with van der Waals surface area (Å²) in [6.45, 7) is 2.81. The highest BCUT2D eigenvalue weighted by molar-refractivity contribution is 5.73. The Morgan fingerprint density at radius 1 is 1.47 bits per heavy atom. The van der Waals surface area contributed by atoms with Crippen molar-refractivity contribution in [3.8, 4) is 0 Å². The molecule has 3 nitrogen and oxygen atoms in total. The lowest BCUT2D eigenvalue weighted by atomic mass is 10.0. The highest BCUT2D eigenvalue weighted by Crippen LogP contribution is 2.26. The number of nitrogens with zero attached hydrogens (tertiary/aromatic N) is 1. The molecular formula is C12H15NO2. The number of aliphatic hydroxyl groups excluding tert-OH is 1. The van der Waals surface area contributed by atoms with Crippen molar-refractivity contribution in [2.45, 2.75) is 26.0 Å². The Bertz CT molecular complexity index is 376. The van der Waals surface area contributed by atoms with Gasteiger partial charge in [-0.25, -0.2) is 0 Å². The van der Waals surface area contributed by atoms with Gasteiger partial charge in [0.25, 0.3) is 0 Å². The summed E-state index contributed by atoms with van der Waals surface area (Å²) >= 11 is 0. The van der Waals surface area contributed by atoms with Crippen LogP contribution >= 0.6 is 0 Å². The third-order valence-electron chi connectivity index (χ3n) is 2.89. The molecule has 1 aliphatic rings. The first kappa shape index (κ1) is 10.2. The molecule has 0 spiro atoms. The minimum absolute atomic E-state index is 0.0684. The quantitative estimate of drug-likeness (QED) is 0.696. The molecule has 0 fully saturated rings. The zero-order valence-corrected chi connectivity index (χ0v) is 8.81. The van der Waals surface area contributed by atoms with Crippen molar-refractivity contribution in [2.75, 3.05) is 6.54 Å². The number of rotatable bonds is 0. The van der Waals surface area contributed by atoms with Crippen molar-refractivity contribution in [1.82, 2.24) is 4.90 Å². The highest BCUT2D eigenvalue weighted by Gasteiger charge is 2.21. The molecule has 15 heavy (non-hydrogen) atoms. The monoisotopic (exact) mass is 205 g/mol. The molecule has 2 rings (SSSR count). The molecule has 1 amide bonds. The first-order valence-electron chi connectivity index (χ1n) is 5.20. The molecule has 1 unspecified atom stereocenters. The lowest BCUT2D eigenvalue weighted by Gasteiger charge is -2.18. The van der Waals surface area contributed by atoms with Gasteiger partial charge in [-0.2, -0.15) is 0 Å². The molecule has 0 saturated carbocycles. The van der Waals surface area contributed by atoms with Crippen molar-refractivity contribution >= 4 is 5.91 Å². The normalized spacial score (nSPS) is 20.7. The Morgan fingerprint density at radius 2 is 2.20 bits per heavy atom. The van der Waals surface area contributed by atoms with Crippen LogP contribution in [0.3, 0.4) is 0 Å². The smallest absolute Gasteiger partial charge is 0.219 e. The van der Waals surface area contributed by atoms with Crippen molar-refractivity contribution < 1.29 is 9.90 Å². The Labute approximate surface area is 89.3 Å². The van der Waals surface area contributed by atoms with Gasteiger partial charge in [0.05, 0.1) is 6.10 Å². The molecule has 0 saturated heterocycles. The molecule has 1 aromatic rings. The average Bonchev–Trinajstić information content (AvgIpc) is 2.39. The lowest BCUT2D eigenvalue weighted by Crippen LogP contribution is -2.28. The number of hydrogen-bond acceptors (Lipinski definition) is 2. The molecule has 0 radical (unpaired) electrons. The van der Waals surface area contributed by atoms with E-state index in [0.717, 1.165) is 11.1 Å². The number of fused-ring (bicyclic) bond motifs is 1. The maximum absolute atomic E-state index is 11.3. The van der Waals surface area contributed by atoms with Gasteiger partial charge in [-0.1, -0.05) is 24.3 Å². The zero-order valence-electron chi connectivity index (χ0n) is 8.81. The lowest BCUT2D eigenvalue weighted by molar-refractivity contribution is -0.129. The molecule has 1 aliphatic heterocycles. The van der Waals surface area contributed by atoms with Crippen molar-refractivity contribution in [3.05, 3.63) is 35.4 Å². The van der Waals surface area contributed by atoms with Gasteiger partial charge >= 0.3 is 0 Å². The van der Waals surface area contributed by atoms with E-state index in [2.05, 4.69) is 0 Å². The maximum Gasteiger partial charge on any atom is 0.219 e. The van der Waals surface area contributed by atoms with Crippen LogP contribution in [0.4, 0.5) is 0 Å². The minimum atomic E-state index is -0.439. The van der Waals surface area contributed by atoms with Gasteiger partial charge in [0.15, 0.2) is 0 Å². The summed E-state index contributed by atoms with van der Waals surface area (Å²) in [5.41, 5.74) is 2.01. The molecule has 0 aromatic heterocycles. The van der Waals surface area contributed by atoms with E-state index < -0.39 is 6.10 Å². The summed E-state index contributed by atoms with van der Waals surface area (Å²) in [5.74, 6) is 0.0684. The van der Waals surface area contributed by atoms with E-state index in [9.17, 15) is 9.90 Å². The van der Waals surface area contributed by atoms with Gasteiger partial charge in [-0.15, -0.1) is 0 Å². The number of hydrogen-bond donors (Lipinski definition) is 1. The summed E-state index contributed by atoms with van der Waals surface area (Å²) in [6, 6.07) is 7.77. The molecule has 1 atom stereocenters. The van der Waals surface area contributed by atoms with Crippen LogP contribution in [0.25, 0.3) is 0 Å². The second kappa shape index (κ2) is 4.03. The van der Waals surface area contributed by atoms with Gasteiger partial charge < -0.3 is 10.0 Å². The van der Waals surface area contributed by atoms with E-state index >= 15 is 0 Å². The number of amides is 1. The summed E-state index contributed by atoms with van der Waals surface area (Å²) in [5, 5.41) is 9.90. The Balaban J connectivity index is 2.33. The van der Waals surface area contributed by atoms with Crippen LogP contribution in [0.15, 0.2) is 24.3 Å². The van der Waals surface area contributed by atoms with Gasteiger partial charge in [-0.3, -0.25) is 4.79 Å². The highest BCUT2D eigenvalue weighted by atomic mass is 16.3. The molecule has 3 heteroatoms. The second-order valence-electron chi connectivity index (χ2n) is 3.94. The van der Waals surface area contributed by atoms with Crippen molar-refractivity contribution in [1.29, 1.82) is 0 Å². The average molecular weight is 205 g/mol. The van der Waals surface area contributed by atoms with E-state index in [1.54, 1.807) is 11.8 Å². The van der Waals surface area contributed by atoms with E-state index in [-0.39, 0.29) is 5.91 Å². The third kappa shape index (κ3) is 2.02. The van der Waals surface area contributed by atoms with Gasteiger partial charge in [0.1, 0.15) is 0 Å². The van der Waals surface area contributed by atoms with Gasteiger partial charge in [0, 0.05) is 20.0 Å². The van der Waals surface area contributed by atoms with E-state index in [0.29, 0.717) is 19.5 Å². The molecule has 0 bridgehead atoms. The van der Waals surface area contributed by atoms with Crippen LogP contribution in [-0.2, 0) is 11.3 Å². The van der Waals surface area contributed by atoms with Crippen LogP contribution in [0.2, 0.25) is 0 Å². The summed E-state index contributed by atoms with van der Waals surface area (Å²) < 4.78 is 0. The molecule has 1 heterocycles. The van der Waals surface area contributed by atoms with Crippen molar-refractivity contribution in [2.24, 2.45) is 0 Å². The van der Waals surface area contributed by atoms with E-state index in [1.807, 2.05) is 24.3 Å². The maximum atomic E-state index is 11.3. The second-order valence-corrected chi connectivity index (χ2v) is 3.94. The Kier molecular flexibility index (Phi) is 2.73. The van der Waals surface area contributed by atoms with Crippen LogP contribution < -0.4 is 0 Å². The first-order valence-corrected chi connectivity index (χ1v) is 5.20. The number of carbonyl (C=O) groups excluding carboxylic acids is 1. The first-order chi connectivity index (χ1) is 7.18. The van der Waals surface area contributed by atoms with Crippen LogP contribution in [-0.4, -0.2) is 22.5 Å². The predicted molar refractivity (Wildman–Crippen MR) is 57.1 cm³/mol. The van der Waals surface area contributed by atoms with Crippen LogP contribution in [0.1, 0.15) is 30.6 Å². The molecule has 1 aromatic carbocycles. The largest absolute Gasteiger partial charge is 0.388 e. The summed E-state index contributed by atoms with van der Waals surface area (Å²) in [4.78, 5) is 13.1. The number of carbonyl (C=O) groups is 1. The SMILES string of the molecule is CC(=O)N1CCC(O)c2ccccc2C1. The van der Waals surface area contributed by atoms with Gasteiger partial charge in [0.2, 0.25) is 5.91 Å². The molecule has 0 aliphatic carbocycles. The number of benzene rings is 1. The van der Waals surface area contributed by atoms with Crippen LogP contribution in [0.5, 0.6) is 0 Å². The van der Waals surface area contributed by atoms with E-state index in [4.69, 9.17) is 0 Å². The van der Waals surface area contributed by atoms with Crippen LogP contribution in [0, 0.1) is 0 Å². The summed E-state index contributed by atoms with van der Waals surface area (Å²) in [7, 11) is 0. The molecular weight excluding hydrogens is 190 g/mol. The molecule has 1 N–H and O–H groups in total. The Hall–Kier alpha value is -1.35. The van der Waals surface area contributed by atoms with Gasteiger partial charge in [-0.05, 0) is 17.5 Å². The Morgan fingerprint density at radius 3 is 2.93 bits per heavy atom. The standard InChI is InChI=1S/C12H15NO2/c1-9(14)13-7-6-12(15)11-5-3-2-4-10(11)8-13/h2-5,12,15H,6-8H2,1H3. The third-order valence-corrected chi connectivity index (χ3v) is 2.89. The fraction of sp³-hybridized carbons (Fsp3) is 0.417. The summed E-state index contributed by atoms with van der Waals surface area (Å²) in [6.07, 6.45) is 0.182. The van der Waals surface area contributed by atoms with E-state index in [1.165, 1.54) is 0 Å². The number of aliphatic hydroxyl groups is 1.